The van der Waals surface area contributed by atoms with Crippen molar-refractivity contribution in [3.8, 4) is 0 Å². The van der Waals surface area contributed by atoms with Crippen molar-refractivity contribution in [3.05, 3.63) is 35.4 Å². The van der Waals surface area contributed by atoms with Gasteiger partial charge in [0.05, 0.1) is 6.10 Å². The molecule has 0 aromatic heterocycles. The van der Waals surface area contributed by atoms with E-state index in [1.807, 2.05) is 24.3 Å². The van der Waals surface area contributed by atoms with Crippen molar-refractivity contribution in [1.82, 2.24) is 0 Å². The molecule has 0 spiro atoms. The monoisotopic (exact) mass is 219 g/mol. The average molecular weight is 219 g/mol. The van der Waals surface area contributed by atoms with Crippen molar-refractivity contribution in [2.75, 3.05) is 6.54 Å². The number of hydrogen-bond donors (Lipinski definition) is 2. The van der Waals surface area contributed by atoms with Gasteiger partial charge in [-0.25, -0.2) is 0 Å². The Morgan fingerprint density at radius 3 is 2.38 bits per heavy atom. The van der Waals surface area contributed by atoms with E-state index in [4.69, 9.17) is 5.73 Å². The molecule has 2 nitrogen and oxygen atoms in total. The number of aryl methyl sites for hydroxylation is 1. The molecule has 1 saturated carbocycles. The lowest BCUT2D eigenvalue weighted by molar-refractivity contribution is -0.0602. The van der Waals surface area contributed by atoms with Crippen LogP contribution in [0.5, 0.6) is 0 Å². The first kappa shape index (κ1) is 11.6. The summed E-state index contributed by atoms with van der Waals surface area (Å²) in [6, 6.07) is 8.12. The molecule has 1 aromatic rings. The molecular formula is C14H21NO. The van der Waals surface area contributed by atoms with Crippen LogP contribution in [0.1, 0.15) is 37.0 Å². The normalized spacial score (nSPS) is 30.9. The lowest BCUT2D eigenvalue weighted by Crippen LogP contribution is -2.46. The second kappa shape index (κ2) is 4.19. The third-order valence-electron chi connectivity index (χ3n) is 3.89. The number of nitrogens with two attached hydrogens (primary N) is 1. The maximum Gasteiger partial charge on any atom is 0.0858 e. The molecule has 0 radical (unpaired) electrons. The summed E-state index contributed by atoms with van der Waals surface area (Å²) < 4.78 is 0. The minimum atomic E-state index is -0.408. The van der Waals surface area contributed by atoms with E-state index in [1.54, 1.807) is 0 Å². The van der Waals surface area contributed by atoms with Gasteiger partial charge in [-0.2, -0.15) is 0 Å². The fraction of sp³-hybridized carbons (Fsp3) is 0.571. The molecule has 0 amide bonds. The Balaban J connectivity index is 2.18. The van der Waals surface area contributed by atoms with Gasteiger partial charge in [0.2, 0.25) is 0 Å². The van der Waals surface area contributed by atoms with E-state index in [2.05, 4.69) is 13.8 Å². The van der Waals surface area contributed by atoms with E-state index in [9.17, 15) is 5.11 Å². The van der Waals surface area contributed by atoms with Gasteiger partial charge >= 0.3 is 0 Å². The second-order valence-electron chi connectivity index (χ2n) is 5.39. The smallest absolute Gasteiger partial charge is 0.0858 e. The maximum absolute atomic E-state index is 10.4. The van der Waals surface area contributed by atoms with Gasteiger partial charge in [0, 0.05) is 12.0 Å². The van der Waals surface area contributed by atoms with Gasteiger partial charge in [0.15, 0.2) is 0 Å². The predicted molar refractivity (Wildman–Crippen MR) is 66.0 cm³/mol. The van der Waals surface area contributed by atoms with Crippen LogP contribution in [0, 0.1) is 18.3 Å². The van der Waals surface area contributed by atoms with Crippen LogP contribution in [-0.4, -0.2) is 11.7 Å². The lowest BCUT2D eigenvalue weighted by Gasteiger charge is -2.49. The summed E-state index contributed by atoms with van der Waals surface area (Å²) in [7, 11) is 0. The lowest BCUT2D eigenvalue weighted by atomic mass is 9.58. The Labute approximate surface area is 97.5 Å². The molecular weight excluding hydrogens is 198 g/mol. The third-order valence-corrected chi connectivity index (χ3v) is 3.89. The van der Waals surface area contributed by atoms with Gasteiger partial charge < -0.3 is 10.8 Å². The Bertz CT molecular complexity index is 352. The highest BCUT2D eigenvalue weighted by Gasteiger charge is 2.46. The number of aliphatic hydroxyl groups excluding tert-OH is 1. The van der Waals surface area contributed by atoms with Gasteiger partial charge in [-0.3, -0.25) is 0 Å². The Morgan fingerprint density at radius 2 is 1.94 bits per heavy atom. The summed E-state index contributed by atoms with van der Waals surface area (Å²) in [6.07, 6.45) is 1.67. The zero-order chi connectivity index (χ0) is 11.8. The molecule has 2 heteroatoms. The highest BCUT2D eigenvalue weighted by Crippen LogP contribution is 2.52. The zero-order valence-electron chi connectivity index (χ0n) is 10.1. The molecule has 0 aliphatic heterocycles. The molecule has 1 atom stereocenters. The Morgan fingerprint density at radius 1 is 1.38 bits per heavy atom. The van der Waals surface area contributed by atoms with Crippen LogP contribution in [0.25, 0.3) is 0 Å². The van der Waals surface area contributed by atoms with Crippen molar-refractivity contribution in [1.29, 1.82) is 0 Å². The molecule has 88 valence electrons. The maximum atomic E-state index is 10.4. The van der Waals surface area contributed by atoms with Crippen LogP contribution in [0.15, 0.2) is 24.3 Å². The first-order valence-electron chi connectivity index (χ1n) is 6.02. The molecule has 2 rings (SSSR count). The zero-order valence-corrected chi connectivity index (χ0v) is 10.1. The number of rotatable bonds is 3. The molecule has 0 bridgehead atoms. The van der Waals surface area contributed by atoms with Gasteiger partial charge in [-0.1, -0.05) is 36.8 Å². The highest BCUT2D eigenvalue weighted by molar-refractivity contribution is 5.25. The summed E-state index contributed by atoms with van der Waals surface area (Å²) in [6.45, 7) is 4.85. The second-order valence-corrected chi connectivity index (χ2v) is 5.39. The van der Waals surface area contributed by atoms with Crippen LogP contribution in [0.2, 0.25) is 0 Å². The van der Waals surface area contributed by atoms with Gasteiger partial charge in [0.25, 0.3) is 0 Å². The third kappa shape index (κ3) is 1.87. The minimum absolute atomic E-state index is 0.0747. The van der Waals surface area contributed by atoms with E-state index >= 15 is 0 Å². The standard InChI is InChI=1S/C14H21NO/c1-10-3-5-12(6-4-10)13(16)14(9-15)7-11(2)8-14/h3-6,11,13,16H,7-9,15H2,1-2H3. The summed E-state index contributed by atoms with van der Waals surface area (Å²) in [5.41, 5.74) is 7.99. The minimum Gasteiger partial charge on any atom is -0.388 e. The van der Waals surface area contributed by atoms with Crippen molar-refractivity contribution >= 4 is 0 Å². The number of benzene rings is 1. The fourth-order valence-corrected chi connectivity index (χ4v) is 2.93. The van der Waals surface area contributed by atoms with Crippen molar-refractivity contribution in [3.63, 3.8) is 0 Å². The van der Waals surface area contributed by atoms with E-state index in [0.29, 0.717) is 12.5 Å². The van der Waals surface area contributed by atoms with E-state index < -0.39 is 6.10 Å². The van der Waals surface area contributed by atoms with Gasteiger partial charge in [0.1, 0.15) is 0 Å². The molecule has 0 heterocycles. The predicted octanol–water partition coefficient (Wildman–Crippen LogP) is 2.40. The number of hydrogen-bond acceptors (Lipinski definition) is 2. The van der Waals surface area contributed by atoms with E-state index in [0.717, 1.165) is 18.4 Å². The van der Waals surface area contributed by atoms with Gasteiger partial charge in [-0.15, -0.1) is 0 Å². The number of aliphatic hydroxyl groups is 1. The van der Waals surface area contributed by atoms with Crippen LogP contribution in [0.3, 0.4) is 0 Å². The van der Waals surface area contributed by atoms with Crippen LogP contribution in [-0.2, 0) is 0 Å². The summed E-state index contributed by atoms with van der Waals surface area (Å²) in [4.78, 5) is 0. The van der Waals surface area contributed by atoms with Crippen LogP contribution in [0.4, 0.5) is 0 Å². The van der Waals surface area contributed by atoms with E-state index in [-0.39, 0.29) is 5.41 Å². The van der Waals surface area contributed by atoms with E-state index in [1.165, 1.54) is 5.56 Å². The SMILES string of the molecule is Cc1ccc(C(O)C2(CN)CC(C)C2)cc1. The Kier molecular flexibility index (Phi) is 3.04. The quantitative estimate of drug-likeness (QED) is 0.820. The van der Waals surface area contributed by atoms with Crippen molar-refractivity contribution < 1.29 is 5.11 Å². The van der Waals surface area contributed by atoms with Crippen molar-refractivity contribution in [2.45, 2.75) is 32.8 Å². The molecule has 3 N–H and O–H groups in total. The Hall–Kier alpha value is -0.860. The molecule has 1 unspecified atom stereocenters. The van der Waals surface area contributed by atoms with Gasteiger partial charge in [-0.05, 0) is 31.2 Å². The molecule has 0 saturated heterocycles. The molecule has 1 aliphatic carbocycles. The fourth-order valence-electron chi connectivity index (χ4n) is 2.93. The first-order chi connectivity index (χ1) is 7.57. The first-order valence-corrected chi connectivity index (χ1v) is 6.02. The summed E-state index contributed by atoms with van der Waals surface area (Å²) >= 11 is 0. The molecule has 16 heavy (non-hydrogen) atoms. The summed E-state index contributed by atoms with van der Waals surface area (Å²) in [5.74, 6) is 0.698. The van der Waals surface area contributed by atoms with Crippen LogP contribution >= 0.6 is 0 Å². The van der Waals surface area contributed by atoms with Crippen molar-refractivity contribution in [2.24, 2.45) is 17.1 Å². The highest BCUT2D eigenvalue weighted by atomic mass is 16.3. The average Bonchev–Trinajstić information content (AvgIpc) is 2.24. The van der Waals surface area contributed by atoms with Crippen LogP contribution < -0.4 is 5.73 Å². The molecule has 1 fully saturated rings. The summed E-state index contributed by atoms with van der Waals surface area (Å²) in [5, 5.41) is 10.4. The topological polar surface area (TPSA) is 46.2 Å². The largest absolute Gasteiger partial charge is 0.388 e. The molecule has 1 aromatic carbocycles. The molecule has 1 aliphatic rings.